The molecule has 0 N–H and O–H groups in total. The fraction of sp³-hybridized carbons (Fsp3) is 0.0769. The van der Waals surface area contributed by atoms with Gasteiger partial charge in [-0.3, -0.25) is 0 Å². The number of halogens is 1. The number of ether oxygens (including phenoxy) is 1. The number of methoxy groups -OCH3 is 1. The van der Waals surface area contributed by atoms with E-state index in [9.17, 15) is 0 Å². The third-order valence-corrected chi connectivity index (χ3v) is 2.79. The molecule has 0 saturated heterocycles. The minimum atomic E-state index is 0.658. The third kappa shape index (κ3) is 1.71. The van der Waals surface area contributed by atoms with Crippen molar-refractivity contribution in [2.45, 2.75) is 0 Å². The average molecular weight is 219 g/mol. The van der Waals surface area contributed by atoms with Crippen molar-refractivity contribution >= 4 is 28.4 Å². The maximum atomic E-state index is 6.19. The Morgan fingerprint density at radius 1 is 1.27 bits per heavy atom. The molecular formula is C13H11ClO. The van der Waals surface area contributed by atoms with Gasteiger partial charge in [-0.05, 0) is 23.1 Å². The summed E-state index contributed by atoms with van der Waals surface area (Å²) in [5.74, 6) is 0.704. The van der Waals surface area contributed by atoms with Gasteiger partial charge < -0.3 is 4.74 Å². The Bertz CT molecular complexity index is 517. The number of hydrogen-bond acceptors (Lipinski definition) is 1. The molecule has 0 aliphatic heterocycles. The van der Waals surface area contributed by atoms with Gasteiger partial charge in [-0.1, -0.05) is 42.5 Å². The lowest BCUT2D eigenvalue weighted by Gasteiger charge is -2.06. The van der Waals surface area contributed by atoms with Gasteiger partial charge in [0.2, 0.25) is 0 Å². The first-order valence-corrected chi connectivity index (χ1v) is 5.02. The standard InChI is InChI=1S/C13H11ClO/c1-3-9-4-6-11-10(8-9)5-7-12(15-2)13(11)14/h3-8H,1H2,2H3. The van der Waals surface area contributed by atoms with Gasteiger partial charge in [0.1, 0.15) is 5.75 Å². The van der Waals surface area contributed by atoms with E-state index in [1.165, 1.54) is 0 Å². The molecule has 15 heavy (non-hydrogen) atoms. The molecular weight excluding hydrogens is 208 g/mol. The molecule has 0 aliphatic rings. The predicted molar refractivity (Wildman–Crippen MR) is 65.6 cm³/mol. The van der Waals surface area contributed by atoms with Crippen LogP contribution in [0, 0.1) is 0 Å². The van der Waals surface area contributed by atoms with Crippen LogP contribution in [0.1, 0.15) is 5.56 Å². The van der Waals surface area contributed by atoms with Crippen LogP contribution in [0.2, 0.25) is 5.02 Å². The highest BCUT2D eigenvalue weighted by atomic mass is 35.5. The summed E-state index contributed by atoms with van der Waals surface area (Å²) in [7, 11) is 1.62. The van der Waals surface area contributed by atoms with Crippen LogP contribution < -0.4 is 4.74 Å². The van der Waals surface area contributed by atoms with E-state index in [1.54, 1.807) is 7.11 Å². The quantitative estimate of drug-likeness (QED) is 0.736. The van der Waals surface area contributed by atoms with Crippen LogP contribution in [0.4, 0.5) is 0 Å². The maximum Gasteiger partial charge on any atom is 0.138 e. The van der Waals surface area contributed by atoms with E-state index in [0.717, 1.165) is 16.3 Å². The highest BCUT2D eigenvalue weighted by molar-refractivity contribution is 6.37. The van der Waals surface area contributed by atoms with E-state index in [-0.39, 0.29) is 0 Å². The number of hydrogen-bond donors (Lipinski definition) is 0. The Hall–Kier alpha value is -1.47. The van der Waals surface area contributed by atoms with E-state index in [0.29, 0.717) is 10.8 Å². The largest absolute Gasteiger partial charge is 0.495 e. The van der Waals surface area contributed by atoms with Crippen molar-refractivity contribution < 1.29 is 4.74 Å². The predicted octanol–water partition coefficient (Wildman–Crippen LogP) is 4.14. The third-order valence-electron chi connectivity index (χ3n) is 2.40. The lowest BCUT2D eigenvalue weighted by Crippen LogP contribution is -1.85. The minimum absolute atomic E-state index is 0.658. The van der Waals surface area contributed by atoms with Gasteiger partial charge in [0.05, 0.1) is 12.1 Å². The monoisotopic (exact) mass is 218 g/mol. The van der Waals surface area contributed by atoms with Crippen molar-refractivity contribution in [3.05, 3.63) is 47.5 Å². The average Bonchev–Trinajstić information content (AvgIpc) is 2.29. The first-order chi connectivity index (χ1) is 7.26. The first kappa shape index (κ1) is 10.1. The molecule has 0 atom stereocenters. The molecule has 2 aromatic rings. The van der Waals surface area contributed by atoms with Gasteiger partial charge in [-0.25, -0.2) is 0 Å². The van der Waals surface area contributed by atoms with Crippen molar-refractivity contribution in [1.29, 1.82) is 0 Å². The number of benzene rings is 2. The lowest BCUT2D eigenvalue weighted by atomic mass is 10.1. The fourth-order valence-corrected chi connectivity index (χ4v) is 1.89. The van der Waals surface area contributed by atoms with Gasteiger partial charge in [0.25, 0.3) is 0 Å². The summed E-state index contributed by atoms with van der Waals surface area (Å²) >= 11 is 6.19. The lowest BCUT2D eigenvalue weighted by molar-refractivity contribution is 0.415. The molecule has 0 heterocycles. The summed E-state index contributed by atoms with van der Waals surface area (Å²) < 4.78 is 5.16. The highest BCUT2D eigenvalue weighted by Crippen LogP contribution is 2.32. The van der Waals surface area contributed by atoms with E-state index in [1.807, 2.05) is 36.4 Å². The molecule has 2 rings (SSSR count). The fourth-order valence-electron chi connectivity index (χ4n) is 1.57. The first-order valence-electron chi connectivity index (χ1n) is 4.65. The molecule has 0 radical (unpaired) electrons. The second kappa shape index (κ2) is 3.95. The Labute approximate surface area is 93.9 Å². The van der Waals surface area contributed by atoms with Gasteiger partial charge in [0, 0.05) is 5.39 Å². The summed E-state index contributed by atoms with van der Waals surface area (Å²) in [5, 5.41) is 2.76. The Morgan fingerprint density at radius 3 is 2.73 bits per heavy atom. The summed E-state index contributed by atoms with van der Waals surface area (Å²) in [6, 6.07) is 9.89. The summed E-state index contributed by atoms with van der Waals surface area (Å²) in [5.41, 5.74) is 1.09. The molecule has 76 valence electrons. The number of fused-ring (bicyclic) bond motifs is 1. The molecule has 0 spiro atoms. The van der Waals surface area contributed by atoms with Crippen LogP contribution in [0.5, 0.6) is 5.75 Å². The number of rotatable bonds is 2. The second-order valence-corrected chi connectivity index (χ2v) is 3.64. The molecule has 0 unspecified atom stereocenters. The highest BCUT2D eigenvalue weighted by Gasteiger charge is 2.05. The SMILES string of the molecule is C=Cc1ccc2c(Cl)c(OC)ccc2c1. The Balaban J connectivity index is 2.73. The van der Waals surface area contributed by atoms with Gasteiger partial charge in [-0.15, -0.1) is 0 Å². The maximum absolute atomic E-state index is 6.19. The molecule has 0 bridgehead atoms. The van der Waals surface area contributed by atoms with Gasteiger partial charge >= 0.3 is 0 Å². The topological polar surface area (TPSA) is 9.23 Å². The summed E-state index contributed by atoms with van der Waals surface area (Å²) in [6.45, 7) is 3.74. The molecule has 2 heteroatoms. The van der Waals surface area contributed by atoms with Crippen molar-refractivity contribution in [3.8, 4) is 5.75 Å². The smallest absolute Gasteiger partial charge is 0.138 e. The molecule has 1 nitrogen and oxygen atoms in total. The van der Waals surface area contributed by atoms with Crippen LogP contribution in [0.25, 0.3) is 16.8 Å². The van der Waals surface area contributed by atoms with Crippen molar-refractivity contribution in [2.24, 2.45) is 0 Å². The Morgan fingerprint density at radius 2 is 2.07 bits per heavy atom. The normalized spacial score (nSPS) is 10.3. The molecule has 0 aromatic heterocycles. The van der Waals surface area contributed by atoms with Crippen molar-refractivity contribution in [1.82, 2.24) is 0 Å². The Kier molecular flexibility index (Phi) is 2.65. The van der Waals surface area contributed by atoms with Gasteiger partial charge in [0.15, 0.2) is 0 Å². The van der Waals surface area contributed by atoms with Crippen LogP contribution in [-0.2, 0) is 0 Å². The second-order valence-electron chi connectivity index (χ2n) is 3.27. The van der Waals surface area contributed by atoms with Crippen molar-refractivity contribution in [2.75, 3.05) is 7.11 Å². The zero-order valence-corrected chi connectivity index (χ0v) is 9.21. The summed E-state index contributed by atoms with van der Waals surface area (Å²) in [4.78, 5) is 0. The van der Waals surface area contributed by atoms with Crippen LogP contribution in [0.15, 0.2) is 36.9 Å². The van der Waals surface area contributed by atoms with Crippen LogP contribution >= 0.6 is 11.6 Å². The molecule has 0 saturated carbocycles. The van der Waals surface area contributed by atoms with E-state index < -0.39 is 0 Å². The van der Waals surface area contributed by atoms with Crippen LogP contribution in [0.3, 0.4) is 0 Å². The van der Waals surface area contributed by atoms with Gasteiger partial charge in [-0.2, -0.15) is 0 Å². The molecule has 0 aliphatic carbocycles. The van der Waals surface area contributed by atoms with E-state index >= 15 is 0 Å². The van der Waals surface area contributed by atoms with Crippen molar-refractivity contribution in [3.63, 3.8) is 0 Å². The molecule has 0 amide bonds. The minimum Gasteiger partial charge on any atom is -0.495 e. The summed E-state index contributed by atoms with van der Waals surface area (Å²) in [6.07, 6.45) is 1.82. The zero-order chi connectivity index (χ0) is 10.8. The molecule has 0 fully saturated rings. The molecule has 2 aromatic carbocycles. The van der Waals surface area contributed by atoms with Crippen LogP contribution in [-0.4, -0.2) is 7.11 Å². The van der Waals surface area contributed by atoms with E-state index in [2.05, 4.69) is 6.58 Å². The zero-order valence-electron chi connectivity index (χ0n) is 8.46. The van der Waals surface area contributed by atoms with E-state index in [4.69, 9.17) is 16.3 Å².